The number of benzene rings is 1. The van der Waals surface area contributed by atoms with E-state index in [0.717, 1.165) is 20.1 Å². The summed E-state index contributed by atoms with van der Waals surface area (Å²) >= 11 is 3.60. The monoisotopic (exact) mass is 452 g/mol. The molecule has 1 amide bonds. The van der Waals surface area contributed by atoms with Crippen LogP contribution in [0.15, 0.2) is 50.9 Å². The fraction of sp³-hybridized carbons (Fsp3) is 0.188. The second kappa shape index (κ2) is 6.25. The smallest absolute Gasteiger partial charge is 0.276 e. The van der Waals surface area contributed by atoms with E-state index >= 15 is 0 Å². The van der Waals surface area contributed by atoms with Crippen molar-refractivity contribution in [3.8, 4) is 0 Å². The Kier molecular flexibility index (Phi) is 4.09. The van der Waals surface area contributed by atoms with Gasteiger partial charge in [0.2, 0.25) is 6.17 Å². The zero-order chi connectivity index (χ0) is 16.7. The number of nitrogens with zero attached hydrogens (tertiary/aromatic N) is 3. The van der Waals surface area contributed by atoms with Crippen LogP contribution in [0.5, 0.6) is 0 Å². The van der Waals surface area contributed by atoms with Gasteiger partial charge in [0.05, 0.1) is 5.36 Å². The van der Waals surface area contributed by atoms with E-state index in [1.807, 2.05) is 43.3 Å². The van der Waals surface area contributed by atoms with E-state index < -0.39 is 6.17 Å². The van der Waals surface area contributed by atoms with Crippen LogP contribution in [0.25, 0.3) is 5.70 Å². The molecule has 2 aliphatic rings. The molecule has 6 nitrogen and oxygen atoms in total. The lowest BCUT2D eigenvalue weighted by atomic mass is 10.1. The Morgan fingerprint density at radius 1 is 1.33 bits per heavy atom. The first kappa shape index (κ1) is 15.7. The molecular formula is C16H13IN4O2S. The molecule has 3 heterocycles. The van der Waals surface area contributed by atoms with Crippen molar-refractivity contribution in [1.29, 1.82) is 0 Å². The molecule has 0 saturated heterocycles. The van der Waals surface area contributed by atoms with Crippen LogP contribution in [0.2, 0.25) is 0 Å². The Bertz CT molecular complexity index is 968. The van der Waals surface area contributed by atoms with E-state index in [4.69, 9.17) is 9.41 Å². The van der Waals surface area contributed by atoms with Gasteiger partial charge in [-0.3, -0.25) is 10.1 Å². The van der Waals surface area contributed by atoms with Crippen LogP contribution in [0.1, 0.15) is 18.8 Å². The van der Waals surface area contributed by atoms with Crippen molar-refractivity contribution in [1.82, 2.24) is 10.3 Å². The average molecular weight is 452 g/mol. The largest absolute Gasteiger partial charge is 0.451 e. The lowest BCUT2D eigenvalue weighted by molar-refractivity contribution is -0.116. The van der Waals surface area contributed by atoms with Crippen LogP contribution in [-0.2, 0) is 4.79 Å². The number of thioether (sulfide) groups is 1. The lowest BCUT2D eigenvalue weighted by Crippen LogP contribution is -2.50. The minimum Gasteiger partial charge on any atom is -0.451 e. The number of amides is 1. The second-order valence-corrected chi connectivity index (χ2v) is 7.46. The Hall–Kier alpha value is -1.81. The molecule has 1 N–H and O–H groups in total. The van der Waals surface area contributed by atoms with E-state index in [1.165, 1.54) is 11.8 Å². The Balaban J connectivity index is 1.95. The number of fused-ring (bicyclic) bond motifs is 2. The summed E-state index contributed by atoms with van der Waals surface area (Å²) in [4.78, 5) is 17.5. The number of amidine groups is 1. The zero-order valence-electron chi connectivity index (χ0n) is 12.7. The van der Waals surface area contributed by atoms with Crippen LogP contribution in [0, 0.1) is 3.77 Å². The number of rotatable bonds is 2. The normalized spacial score (nSPS) is 19.2. The molecule has 0 unspecified atom stereocenters. The van der Waals surface area contributed by atoms with Crippen molar-refractivity contribution in [3.63, 3.8) is 0 Å². The minimum absolute atomic E-state index is 0.172. The highest BCUT2D eigenvalue weighted by Crippen LogP contribution is 2.31. The van der Waals surface area contributed by atoms with Crippen LogP contribution in [0.3, 0.4) is 0 Å². The number of halogens is 1. The molecule has 24 heavy (non-hydrogen) atoms. The molecule has 122 valence electrons. The highest BCUT2D eigenvalue weighted by Gasteiger charge is 2.35. The van der Waals surface area contributed by atoms with Gasteiger partial charge in [-0.15, -0.1) is 5.10 Å². The highest BCUT2D eigenvalue weighted by molar-refractivity contribution is 14.1. The molecule has 0 saturated carbocycles. The van der Waals surface area contributed by atoms with Gasteiger partial charge in [-0.25, -0.2) is 10.0 Å². The van der Waals surface area contributed by atoms with Crippen LogP contribution < -0.4 is 15.9 Å². The lowest BCUT2D eigenvalue weighted by Gasteiger charge is -2.32. The van der Waals surface area contributed by atoms with E-state index in [2.05, 4.69) is 33.0 Å². The molecule has 0 spiro atoms. The van der Waals surface area contributed by atoms with Gasteiger partial charge >= 0.3 is 0 Å². The maximum Gasteiger partial charge on any atom is 0.276 e. The molecule has 0 bridgehead atoms. The topological polar surface area (TPSA) is 70.2 Å². The summed E-state index contributed by atoms with van der Waals surface area (Å²) in [7, 11) is 0. The standard InChI is InChI=1S/C16H13IN4O2S/c1-2-24-16-19-15(22)13-9-5-3-4-6-10(9)18-14(21(13)20-16)11-7-8-12(17)23-11/h3-8,14H,2H2,1H3,(H,19,20,22)/t14-/m0/s1. The number of hydrazone groups is 1. The molecule has 0 radical (unpaired) electrons. The van der Waals surface area contributed by atoms with Gasteiger partial charge < -0.3 is 4.42 Å². The minimum atomic E-state index is -0.489. The Morgan fingerprint density at radius 2 is 2.17 bits per heavy atom. The number of nitrogens with one attached hydrogen (secondary N) is 1. The molecule has 1 aromatic heterocycles. The summed E-state index contributed by atoms with van der Waals surface area (Å²) in [5, 5.41) is 11.2. The van der Waals surface area contributed by atoms with Crippen molar-refractivity contribution in [3.05, 3.63) is 56.5 Å². The summed E-state index contributed by atoms with van der Waals surface area (Å²) in [5.41, 5.74) is 0.498. The van der Waals surface area contributed by atoms with Crippen LogP contribution >= 0.6 is 34.4 Å². The number of carbonyl (C=O) groups is 1. The van der Waals surface area contributed by atoms with Gasteiger partial charge in [0.25, 0.3) is 5.91 Å². The van der Waals surface area contributed by atoms with E-state index in [1.54, 1.807) is 5.01 Å². The molecular weight excluding hydrogens is 439 g/mol. The van der Waals surface area contributed by atoms with Gasteiger partial charge in [-0.05, 0) is 46.5 Å². The third-order valence-electron chi connectivity index (χ3n) is 3.64. The van der Waals surface area contributed by atoms with E-state index in [9.17, 15) is 4.79 Å². The van der Waals surface area contributed by atoms with Crippen LogP contribution in [-0.4, -0.2) is 21.8 Å². The first-order valence-electron chi connectivity index (χ1n) is 7.42. The third kappa shape index (κ3) is 2.63. The molecule has 8 heteroatoms. The van der Waals surface area contributed by atoms with Crippen molar-refractivity contribution >= 4 is 51.1 Å². The van der Waals surface area contributed by atoms with Gasteiger partial charge in [0.15, 0.2) is 14.7 Å². The fourth-order valence-electron chi connectivity index (χ4n) is 2.68. The van der Waals surface area contributed by atoms with Crippen molar-refractivity contribution < 1.29 is 9.21 Å². The predicted octanol–water partition coefficient (Wildman–Crippen LogP) is 1.78. The predicted molar refractivity (Wildman–Crippen MR) is 100 cm³/mol. The molecule has 4 rings (SSSR count). The first-order valence-corrected chi connectivity index (χ1v) is 9.48. The summed E-state index contributed by atoms with van der Waals surface area (Å²) in [6.07, 6.45) is -0.489. The molecule has 0 fully saturated rings. The highest BCUT2D eigenvalue weighted by atomic mass is 127. The number of para-hydroxylation sites is 1. The van der Waals surface area contributed by atoms with E-state index in [0.29, 0.717) is 16.6 Å². The number of hydrogen-bond acceptors (Lipinski definition) is 6. The van der Waals surface area contributed by atoms with Gasteiger partial charge in [0.1, 0.15) is 5.70 Å². The fourth-order valence-corrected chi connectivity index (χ4v) is 3.70. The first-order chi connectivity index (χ1) is 11.7. The quantitative estimate of drug-likeness (QED) is 0.706. The Morgan fingerprint density at radius 3 is 2.92 bits per heavy atom. The number of hydrogen-bond donors (Lipinski definition) is 1. The molecule has 2 aliphatic heterocycles. The zero-order valence-corrected chi connectivity index (χ0v) is 15.7. The maximum absolute atomic E-state index is 12.7. The SMILES string of the molecule is CCSC1=NN2C(=c3ccccc3=N[C@@H]2c2ccc(I)o2)C(=O)N1. The summed E-state index contributed by atoms with van der Waals surface area (Å²) in [6, 6.07) is 11.3. The molecule has 0 aliphatic carbocycles. The maximum atomic E-state index is 12.7. The van der Waals surface area contributed by atoms with Gasteiger partial charge in [-0.1, -0.05) is 36.9 Å². The van der Waals surface area contributed by atoms with Crippen molar-refractivity contribution in [2.75, 3.05) is 5.75 Å². The van der Waals surface area contributed by atoms with Gasteiger partial charge in [0, 0.05) is 5.22 Å². The van der Waals surface area contributed by atoms with Gasteiger partial charge in [-0.2, -0.15) is 0 Å². The van der Waals surface area contributed by atoms with Crippen LogP contribution in [0.4, 0.5) is 0 Å². The van der Waals surface area contributed by atoms with Crippen molar-refractivity contribution in [2.45, 2.75) is 13.1 Å². The summed E-state index contributed by atoms with van der Waals surface area (Å²) in [5.74, 6) is 1.31. The summed E-state index contributed by atoms with van der Waals surface area (Å²) in [6.45, 7) is 2.01. The number of carbonyl (C=O) groups excluding carboxylic acids is 1. The van der Waals surface area contributed by atoms with Crippen molar-refractivity contribution in [2.24, 2.45) is 10.1 Å². The number of furan rings is 1. The third-order valence-corrected chi connectivity index (χ3v) is 4.97. The molecule has 2 aromatic rings. The average Bonchev–Trinajstić information content (AvgIpc) is 3.00. The summed E-state index contributed by atoms with van der Waals surface area (Å²) < 4.78 is 6.52. The van der Waals surface area contributed by atoms with E-state index in [-0.39, 0.29) is 5.91 Å². The Labute approximate surface area is 155 Å². The molecule has 1 aromatic carbocycles. The second-order valence-electron chi connectivity index (χ2n) is 5.15. The molecule has 1 atom stereocenters.